The van der Waals surface area contributed by atoms with Crippen LogP contribution in [-0.4, -0.2) is 11.7 Å². The summed E-state index contributed by atoms with van der Waals surface area (Å²) in [5.41, 5.74) is 7.27. The summed E-state index contributed by atoms with van der Waals surface area (Å²) in [4.78, 5) is 0. The Bertz CT molecular complexity index is 424. The maximum atomic E-state index is 5.81. The van der Waals surface area contributed by atoms with E-state index in [9.17, 15) is 0 Å². The van der Waals surface area contributed by atoms with E-state index < -0.39 is 0 Å². The molecule has 13 heavy (non-hydrogen) atoms. The predicted molar refractivity (Wildman–Crippen MR) is 51.8 cm³/mol. The zero-order valence-corrected chi connectivity index (χ0v) is 7.71. The minimum atomic E-state index is 0.411. The molecule has 4 heteroatoms. The number of para-hydroxylation sites is 1. The molecule has 0 saturated carbocycles. The summed E-state index contributed by atoms with van der Waals surface area (Å²) >= 11 is 5.81. The Morgan fingerprint density at radius 2 is 2.31 bits per heavy atom. The summed E-state index contributed by atoms with van der Waals surface area (Å²) in [6.45, 7) is 0.595. The van der Waals surface area contributed by atoms with Crippen molar-refractivity contribution in [3.63, 3.8) is 0 Å². The molecule has 1 aromatic carbocycles. The molecule has 3 nitrogen and oxygen atoms in total. The summed E-state index contributed by atoms with van der Waals surface area (Å²) in [6, 6.07) is 5.78. The van der Waals surface area contributed by atoms with E-state index in [1.54, 1.807) is 0 Å². The van der Waals surface area contributed by atoms with E-state index in [1.807, 2.05) is 18.2 Å². The van der Waals surface area contributed by atoms with E-state index in [0.717, 1.165) is 23.0 Å². The third-order valence-electron chi connectivity index (χ3n) is 1.95. The third-order valence-corrected chi connectivity index (χ3v) is 2.22. The lowest BCUT2D eigenvalue weighted by Gasteiger charge is -1.97. The summed E-state index contributed by atoms with van der Waals surface area (Å²) in [6.07, 6.45) is 0.781. The Morgan fingerprint density at radius 3 is 3.08 bits per heavy atom. The van der Waals surface area contributed by atoms with Gasteiger partial charge in [-0.3, -0.25) is 0 Å². The van der Waals surface area contributed by atoms with E-state index >= 15 is 0 Å². The predicted octanol–water partition coefficient (Wildman–Crippen LogP) is 1.98. The van der Waals surface area contributed by atoms with Crippen molar-refractivity contribution in [3.8, 4) is 0 Å². The van der Waals surface area contributed by atoms with Gasteiger partial charge in [-0.05, 0) is 24.6 Å². The number of hydrogen-bond acceptors (Lipinski definition) is 3. The fourth-order valence-electron chi connectivity index (χ4n) is 1.34. The molecule has 0 unspecified atom stereocenters. The minimum Gasteiger partial charge on any atom is -0.354 e. The van der Waals surface area contributed by atoms with E-state index in [2.05, 4.69) is 5.16 Å². The number of aromatic nitrogens is 1. The highest BCUT2D eigenvalue weighted by atomic mass is 35.5. The van der Waals surface area contributed by atoms with Gasteiger partial charge in [0.15, 0.2) is 10.7 Å². The zero-order chi connectivity index (χ0) is 9.26. The van der Waals surface area contributed by atoms with Gasteiger partial charge in [0.2, 0.25) is 0 Å². The van der Waals surface area contributed by atoms with Crippen LogP contribution in [0.15, 0.2) is 22.7 Å². The van der Waals surface area contributed by atoms with Crippen LogP contribution < -0.4 is 5.73 Å². The lowest BCUT2D eigenvalue weighted by Crippen LogP contribution is -2.02. The van der Waals surface area contributed by atoms with Crippen LogP contribution in [0.3, 0.4) is 0 Å². The first-order chi connectivity index (χ1) is 6.33. The van der Waals surface area contributed by atoms with Crippen LogP contribution >= 0.6 is 11.6 Å². The van der Waals surface area contributed by atoms with E-state index in [-0.39, 0.29) is 0 Å². The van der Waals surface area contributed by atoms with Gasteiger partial charge in [-0.1, -0.05) is 28.9 Å². The molecule has 0 atom stereocenters. The quantitative estimate of drug-likeness (QED) is 0.799. The van der Waals surface area contributed by atoms with Crippen LogP contribution in [0.2, 0.25) is 5.15 Å². The second kappa shape index (κ2) is 3.36. The van der Waals surface area contributed by atoms with Gasteiger partial charge in [-0.2, -0.15) is 0 Å². The topological polar surface area (TPSA) is 52.0 Å². The SMILES string of the molecule is NCCc1cccc2c(Cl)noc12. The van der Waals surface area contributed by atoms with Gasteiger partial charge < -0.3 is 10.3 Å². The summed E-state index contributed by atoms with van der Waals surface area (Å²) in [5.74, 6) is 0. The first-order valence-electron chi connectivity index (χ1n) is 4.06. The van der Waals surface area contributed by atoms with Crippen LogP contribution in [0.5, 0.6) is 0 Å². The number of fused-ring (bicyclic) bond motifs is 1. The van der Waals surface area contributed by atoms with Gasteiger partial charge in [0.05, 0.1) is 5.39 Å². The lowest BCUT2D eigenvalue weighted by atomic mass is 10.1. The number of benzene rings is 1. The fraction of sp³-hybridized carbons (Fsp3) is 0.222. The second-order valence-electron chi connectivity index (χ2n) is 2.81. The molecular formula is C9H9ClN2O. The summed E-state index contributed by atoms with van der Waals surface area (Å²) < 4.78 is 5.09. The molecule has 0 saturated heterocycles. The van der Waals surface area contributed by atoms with Gasteiger partial charge in [0.1, 0.15) is 0 Å². The van der Waals surface area contributed by atoms with Crippen molar-refractivity contribution < 1.29 is 4.52 Å². The van der Waals surface area contributed by atoms with Crippen LogP contribution in [0.25, 0.3) is 11.0 Å². The minimum absolute atomic E-state index is 0.411. The molecule has 1 heterocycles. The molecule has 0 aliphatic rings. The van der Waals surface area contributed by atoms with Crippen LogP contribution in [-0.2, 0) is 6.42 Å². The largest absolute Gasteiger partial charge is 0.354 e. The monoisotopic (exact) mass is 196 g/mol. The third kappa shape index (κ3) is 1.41. The number of halogens is 1. The Kier molecular flexibility index (Phi) is 2.20. The standard InChI is InChI=1S/C9H9ClN2O/c10-9-7-3-1-2-6(4-5-11)8(7)13-12-9/h1-3H,4-5,11H2. The summed E-state index contributed by atoms with van der Waals surface area (Å²) in [5, 5.41) is 4.95. The van der Waals surface area contributed by atoms with Crippen molar-refractivity contribution in [1.29, 1.82) is 0 Å². The maximum absolute atomic E-state index is 5.81. The Balaban J connectivity index is 2.63. The molecule has 2 rings (SSSR count). The van der Waals surface area contributed by atoms with Gasteiger partial charge >= 0.3 is 0 Å². The molecule has 0 amide bonds. The van der Waals surface area contributed by atoms with Crippen molar-refractivity contribution in [2.24, 2.45) is 5.73 Å². The summed E-state index contributed by atoms with van der Waals surface area (Å²) in [7, 11) is 0. The number of nitrogens with two attached hydrogens (primary N) is 1. The molecule has 0 aliphatic heterocycles. The number of nitrogens with zero attached hydrogens (tertiary/aromatic N) is 1. The molecular weight excluding hydrogens is 188 g/mol. The van der Waals surface area contributed by atoms with Crippen molar-refractivity contribution in [3.05, 3.63) is 28.9 Å². The normalized spacial score (nSPS) is 10.9. The van der Waals surface area contributed by atoms with Crippen molar-refractivity contribution in [1.82, 2.24) is 5.16 Å². The van der Waals surface area contributed by atoms with Gasteiger partial charge in [-0.25, -0.2) is 0 Å². The van der Waals surface area contributed by atoms with E-state index in [4.69, 9.17) is 21.9 Å². The molecule has 68 valence electrons. The van der Waals surface area contributed by atoms with Crippen molar-refractivity contribution in [2.75, 3.05) is 6.54 Å². The molecule has 1 aromatic heterocycles. The van der Waals surface area contributed by atoms with Gasteiger partial charge in [0.25, 0.3) is 0 Å². The van der Waals surface area contributed by atoms with E-state index in [0.29, 0.717) is 11.7 Å². The fourth-order valence-corrected chi connectivity index (χ4v) is 1.53. The van der Waals surface area contributed by atoms with Gasteiger partial charge in [-0.15, -0.1) is 0 Å². The Labute approximate surface area is 80.5 Å². The van der Waals surface area contributed by atoms with Crippen molar-refractivity contribution in [2.45, 2.75) is 6.42 Å². The van der Waals surface area contributed by atoms with Crippen LogP contribution in [0.1, 0.15) is 5.56 Å². The molecule has 2 aromatic rings. The number of hydrogen-bond donors (Lipinski definition) is 1. The van der Waals surface area contributed by atoms with Crippen LogP contribution in [0, 0.1) is 0 Å². The molecule has 0 spiro atoms. The first kappa shape index (κ1) is 8.53. The van der Waals surface area contributed by atoms with Gasteiger partial charge in [0, 0.05) is 0 Å². The highest BCUT2D eigenvalue weighted by Crippen LogP contribution is 2.25. The Morgan fingerprint density at radius 1 is 1.46 bits per heavy atom. The first-order valence-corrected chi connectivity index (χ1v) is 4.43. The van der Waals surface area contributed by atoms with Crippen molar-refractivity contribution >= 4 is 22.6 Å². The highest BCUT2D eigenvalue weighted by Gasteiger charge is 2.08. The van der Waals surface area contributed by atoms with Crippen LogP contribution in [0.4, 0.5) is 0 Å². The lowest BCUT2D eigenvalue weighted by molar-refractivity contribution is 0.454. The zero-order valence-electron chi connectivity index (χ0n) is 6.96. The molecule has 0 fully saturated rings. The molecule has 0 bridgehead atoms. The average Bonchev–Trinajstić information content (AvgIpc) is 2.50. The Hall–Kier alpha value is -1.06. The average molecular weight is 197 g/mol. The number of rotatable bonds is 2. The highest BCUT2D eigenvalue weighted by molar-refractivity contribution is 6.34. The van der Waals surface area contributed by atoms with E-state index in [1.165, 1.54) is 0 Å². The second-order valence-corrected chi connectivity index (χ2v) is 3.16. The molecule has 0 radical (unpaired) electrons. The maximum Gasteiger partial charge on any atom is 0.180 e. The molecule has 2 N–H and O–H groups in total. The molecule has 0 aliphatic carbocycles. The smallest absolute Gasteiger partial charge is 0.180 e.